The molecule has 2 rings (SSSR count). The Bertz CT molecular complexity index is 404. The van der Waals surface area contributed by atoms with Crippen molar-refractivity contribution in [2.24, 2.45) is 0 Å². The summed E-state index contributed by atoms with van der Waals surface area (Å²) in [5.74, 6) is -0.926. The van der Waals surface area contributed by atoms with E-state index in [2.05, 4.69) is 22.2 Å². The molecule has 1 aliphatic carbocycles. The zero-order valence-corrected chi connectivity index (χ0v) is 9.89. The Labute approximate surface area is 100 Å². The average Bonchev–Trinajstić information content (AvgIpc) is 3.13. The smallest absolute Gasteiger partial charge is 0.337 e. The zero-order valence-electron chi connectivity index (χ0n) is 9.89. The first-order valence-electron chi connectivity index (χ1n) is 5.80. The number of likely N-dealkylation sites (N-methyl/N-ethyl adjacent to an activating group) is 1. The summed E-state index contributed by atoms with van der Waals surface area (Å²) < 4.78 is 0. The van der Waals surface area contributed by atoms with Crippen LogP contribution in [0.3, 0.4) is 0 Å². The van der Waals surface area contributed by atoms with E-state index in [0.29, 0.717) is 5.69 Å². The third-order valence-electron chi connectivity index (χ3n) is 3.00. The van der Waals surface area contributed by atoms with E-state index in [1.54, 1.807) is 6.20 Å². The van der Waals surface area contributed by atoms with E-state index in [1.807, 2.05) is 0 Å². The minimum Gasteiger partial charge on any atom is -0.478 e. The number of aromatic nitrogens is 1. The Morgan fingerprint density at radius 3 is 3.06 bits per heavy atom. The fourth-order valence-corrected chi connectivity index (χ4v) is 1.79. The van der Waals surface area contributed by atoms with Crippen LogP contribution >= 0.6 is 0 Å². The lowest BCUT2D eigenvalue weighted by molar-refractivity contribution is 0.0698. The van der Waals surface area contributed by atoms with E-state index in [9.17, 15) is 4.79 Å². The highest BCUT2D eigenvalue weighted by Gasteiger charge is 2.25. The summed E-state index contributed by atoms with van der Waals surface area (Å²) in [5.41, 5.74) is 0.860. The van der Waals surface area contributed by atoms with Crippen molar-refractivity contribution in [2.45, 2.75) is 18.9 Å². The minimum atomic E-state index is -0.926. The first kappa shape index (κ1) is 11.9. The summed E-state index contributed by atoms with van der Waals surface area (Å²) in [6, 6.07) is 2.24. The van der Waals surface area contributed by atoms with Gasteiger partial charge in [-0.25, -0.2) is 4.79 Å². The Morgan fingerprint density at radius 2 is 2.41 bits per heavy atom. The van der Waals surface area contributed by atoms with Crippen LogP contribution in [-0.2, 0) is 0 Å². The molecule has 1 aliphatic rings. The van der Waals surface area contributed by atoms with Gasteiger partial charge in [-0.1, -0.05) is 0 Å². The van der Waals surface area contributed by atoms with Gasteiger partial charge >= 0.3 is 5.97 Å². The second-order valence-corrected chi connectivity index (χ2v) is 4.36. The van der Waals surface area contributed by atoms with E-state index < -0.39 is 5.97 Å². The van der Waals surface area contributed by atoms with Crippen molar-refractivity contribution < 1.29 is 9.90 Å². The molecule has 2 N–H and O–H groups in total. The largest absolute Gasteiger partial charge is 0.478 e. The van der Waals surface area contributed by atoms with Gasteiger partial charge in [0.2, 0.25) is 0 Å². The molecule has 1 heterocycles. The van der Waals surface area contributed by atoms with Crippen LogP contribution in [0.4, 0.5) is 5.69 Å². The fraction of sp³-hybridized carbons (Fsp3) is 0.500. The summed E-state index contributed by atoms with van der Waals surface area (Å²) in [6.45, 7) is 1.65. The van der Waals surface area contributed by atoms with Crippen molar-refractivity contribution in [2.75, 3.05) is 25.5 Å². The summed E-state index contributed by atoms with van der Waals surface area (Å²) in [4.78, 5) is 17.2. The molecule has 0 radical (unpaired) electrons. The minimum absolute atomic E-state index is 0.272. The summed E-state index contributed by atoms with van der Waals surface area (Å²) in [6.07, 6.45) is 5.61. The highest BCUT2D eigenvalue weighted by molar-refractivity contribution is 5.93. The van der Waals surface area contributed by atoms with Gasteiger partial charge in [-0.3, -0.25) is 4.98 Å². The molecule has 5 heteroatoms. The normalized spacial score (nSPS) is 14.9. The van der Waals surface area contributed by atoms with E-state index in [1.165, 1.54) is 25.1 Å². The second kappa shape index (κ2) is 5.14. The monoisotopic (exact) mass is 235 g/mol. The van der Waals surface area contributed by atoms with Crippen LogP contribution in [0.5, 0.6) is 0 Å². The van der Waals surface area contributed by atoms with Crippen LogP contribution in [0.1, 0.15) is 23.2 Å². The standard InChI is InChI=1S/C12H17N3O2/c1-15(9-2-3-9)7-6-14-11-8-13-5-4-10(11)12(16)17/h4-5,8-9,14H,2-3,6-7H2,1H3,(H,16,17). The van der Waals surface area contributed by atoms with Crippen molar-refractivity contribution in [1.29, 1.82) is 0 Å². The van der Waals surface area contributed by atoms with Gasteiger partial charge in [-0.05, 0) is 26.0 Å². The van der Waals surface area contributed by atoms with Crippen molar-refractivity contribution in [3.63, 3.8) is 0 Å². The van der Waals surface area contributed by atoms with Crippen LogP contribution in [-0.4, -0.2) is 47.1 Å². The number of aromatic carboxylic acids is 1. The van der Waals surface area contributed by atoms with E-state index in [0.717, 1.165) is 19.1 Å². The van der Waals surface area contributed by atoms with Gasteiger partial charge in [0.15, 0.2) is 0 Å². The highest BCUT2D eigenvalue weighted by atomic mass is 16.4. The van der Waals surface area contributed by atoms with Gasteiger partial charge in [0.1, 0.15) is 0 Å². The molecule has 1 aromatic heterocycles. The van der Waals surface area contributed by atoms with Crippen LogP contribution in [0.25, 0.3) is 0 Å². The van der Waals surface area contributed by atoms with Gasteiger partial charge in [0, 0.05) is 25.3 Å². The predicted octanol–water partition coefficient (Wildman–Crippen LogP) is 1.29. The van der Waals surface area contributed by atoms with Crippen molar-refractivity contribution in [3.05, 3.63) is 24.0 Å². The van der Waals surface area contributed by atoms with Gasteiger partial charge in [0.25, 0.3) is 0 Å². The molecule has 0 saturated heterocycles. The molecule has 0 atom stereocenters. The molecule has 1 aromatic rings. The maximum atomic E-state index is 11.0. The number of carboxylic acids is 1. The topological polar surface area (TPSA) is 65.5 Å². The average molecular weight is 235 g/mol. The number of pyridine rings is 1. The number of anilines is 1. The SMILES string of the molecule is CN(CCNc1cnccc1C(=O)O)C1CC1. The van der Waals surface area contributed by atoms with Crippen molar-refractivity contribution >= 4 is 11.7 Å². The molecule has 0 amide bonds. The quantitative estimate of drug-likeness (QED) is 0.777. The maximum Gasteiger partial charge on any atom is 0.337 e. The Kier molecular flexibility index (Phi) is 3.58. The molecule has 1 saturated carbocycles. The van der Waals surface area contributed by atoms with Crippen molar-refractivity contribution in [3.8, 4) is 0 Å². The molecule has 0 bridgehead atoms. The summed E-state index contributed by atoms with van der Waals surface area (Å²) in [5, 5.41) is 12.1. The zero-order chi connectivity index (χ0) is 12.3. The maximum absolute atomic E-state index is 11.0. The van der Waals surface area contributed by atoms with Crippen molar-refractivity contribution in [1.82, 2.24) is 9.88 Å². The number of nitrogens with zero attached hydrogens (tertiary/aromatic N) is 2. The molecule has 0 unspecified atom stereocenters. The summed E-state index contributed by atoms with van der Waals surface area (Å²) in [7, 11) is 2.10. The fourth-order valence-electron chi connectivity index (χ4n) is 1.79. The third kappa shape index (κ3) is 3.17. The number of nitrogens with one attached hydrogen (secondary N) is 1. The lowest BCUT2D eigenvalue weighted by Gasteiger charge is -2.16. The molecule has 17 heavy (non-hydrogen) atoms. The third-order valence-corrected chi connectivity index (χ3v) is 3.00. The first-order chi connectivity index (χ1) is 8.18. The van der Waals surface area contributed by atoms with Crippen LogP contribution < -0.4 is 5.32 Å². The molecular formula is C12H17N3O2. The van der Waals surface area contributed by atoms with E-state index >= 15 is 0 Å². The number of hydrogen-bond acceptors (Lipinski definition) is 4. The Hall–Kier alpha value is -1.62. The first-order valence-corrected chi connectivity index (χ1v) is 5.80. The lowest BCUT2D eigenvalue weighted by atomic mass is 10.2. The van der Waals surface area contributed by atoms with Gasteiger partial charge in [0.05, 0.1) is 17.4 Å². The molecular weight excluding hydrogens is 218 g/mol. The number of carboxylic acid groups (broad SMARTS) is 1. The van der Waals surface area contributed by atoms with Crippen LogP contribution in [0.2, 0.25) is 0 Å². The Balaban J connectivity index is 1.87. The Morgan fingerprint density at radius 1 is 1.65 bits per heavy atom. The van der Waals surface area contributed by atoms with E-state index in [-0.39, 0.29) is 5.56 Å². The van der Waals surface area contributed by atoms with Gasteiger partial charge < -0.3 is 15.3 Å². The second-order valence-electron chi connectivity index (χ2n) is 4.36. The number of carbonyl (C=O) groups is 1. The van der Waals surface area contributed by atoms with Gasteiger partial charge in [-0.2, -0.15) is 0 Å². The lowest BCUT2D eigenvalue weighted by Crippen LogP contribution is -2.27. The molecule has 92 valence electrons. The molecule has 1 fully saturated rings. The number of hydrogen-bond donors (Lipinski definition) is 2. The molecule has 0 aromatic carbocycles. The number of rotatable bonds is 6. The van der Waals surface area contributed by atoms with Gasteiger partial charge in [-0.15, -0.1) is 0 Å². The molecule has 5 nitrogen and oxygen atoms in total. The van der Waals surface area contributed by atoms with E-state index in [4.69, 9.17) is 5.11 Å². The summed E-state index contributed by atoms with van der Waals surface area (Å²) >= 11 is 0. The molecule has 0 spiro atoms. The van der Waals surface area contributed by atoms with Crippen LogP contribution in [0, 0.1) is 0 Å². The molecule has 0 aliphatic heterocycles. The predicted molar refractivity (Wildman–Crippen MR) is 65.3 cm³/mol. The van der Waals surface area contributed by atoms with Crippen LogP contribution in [0.15, 0.2) is 18.5 Å². The highest BCUT2D eigenvalue weighted by Crippen LogP contribution is 2.24.